The summed E-state index contributed by atoms with van der Waals surface area (Å²) < 4.78 is 6.57. The van der Waals surface area contributed by atoms with Crippen molar-refractivity contribution in [2.24, 2.45) is 0 Å². The van der Waals surface area contributed by atoms with Crippen molar-refractivity contribution in [1.29, 1.82) is 0 Å². The largest absolute Gasteiger partial charge is 0.455 e. The van der Waals surface area contributed by atoms with E-state index in [1.807, 2.05) is 6.07 Å². The maximum Gasteiger partial charge on any atom is 0.143 e. The third-order valence-corrected chi connectivity index (χ3v) is 12.7. The Balaban J connectivity index is 1.06. The molecule has 0 aliphatic rings. The lowest BCUT2D eigenvalue weighted by atomic mass is 9.85. The van der Waals surface area contributed by atoms with Gasteiger partial charge in [-0.3, -0.25) is 0 Å². The summed E-state index contributed by atoms with van der Waals surface area (Å²) in [5.74, 6) is 0. The fraction of sp³-hybridized carbons (Fsp3) is 0. The van der Waals surface area contributed by atoms with Crippen LogP contribution >= 0.6 is 0 Å². The lowest BCUT2D eigenvalue weighted by Crippen LogP contribution is -2.10. The standard InChI is InChI=1S/C62H41NO/c1-4-16-42(17-5-1)43-30-32-44(33-31-43)45-34-36-49(37-35-45)63(50-23-14-22-48(40-50)52-27-15-28-57-55-25-12-13-29-59(55)64-62(52)57)51-38-39-54-53-24-10-11-26-56(53)60(46-18-6-2-7-19-46)61(58(54)41-51)47-20-8-3-9-21-47/h1-41H. The quantitative estimate of drug-likeness (QED) is 0.142. The van der Waals surface area contributed by atoms with Gasteiger partial charge in [-0.2, -0.15) is 0 Å². The number of benzene rings is 11. The number of hydrogen-bond donors (Lipinski definition) is 0. The molecule has 0 fully saturated rings. The van der Waals surface area contributed by atoms with Crippen LogP contribution in [0.25, 0.3) is 99.1 Å². The van der Waals surface area contributed by atoms with Crippen molar-refractivity contribution >= 4 is 60.5 Å². The van der Waals surface area contributed by atoms with E-state index in [2.05, 4.69) is 248 Å². The van der Waals surface area contributed by atoms with Crippen LogP contribution in [0.3, 0.4) is 0 Å². The van der Waals surface area contributed by atoms with Gasteiger partial charge in [0.05, 0.1) is 0 Å². The van der Waals surface area contributed by atoms with Crippen LogP contribution < -0.4 is 4.90 Å². The van der Waals surface area contributed by atoms with Crippen LogP contribution in [0.2, 0.25) is 0 Å². The number of rotatable bonds is 8. The van der Waals surface area contributed by atoms with Gasteiger partial charge >= 0.3 is 0 Å². The molecule has 12 rings (SSSR count). The molecule has 0 unspecified atom stereocenters. The van der Waals surface area contributed by atoms with Crippen LogP contribution in [-0.2, 0) is 0 Å². The summed E-state index contributed by atoms with van der Waals surface area (Å²) in [4.78, 5) is 2.40. The monoisotopic (exact) mass is 815 g/mol. The van der Waals surface area contributed by atoms with Crippen LogP contribution in [0, 0.1) is 0 Å². The number of para-hydroxylation sites is 2. The molecule has 64 heavy (non-hydrogen) atoms. The smallest absolute Gasteiger partial charge is 0.143 e. The molecule has 0 aliphatic heterocycles. The first kappa shape index (κ1) is 37.3. The number of fused-ring (bicyclic) bond motifs is 6. The lowest BCUT2D eigenvalue weighted by Gasteiger charge is -2.27. The Morgan fingerprint density at radius 1 is 0.250 bits per heavy atom. The predicted octanol–water partition coefficient (Wildman–Crippen LogP) is 17.7. The molecular weight excluding hydrogens is 775 g/mol. The van der Waals surface area contributed by atoms with Crippen molar-refractivity contribution in [2.45, 2.75) is 0 Å². The Hall–Kier alpha value is -8.46. The van der Waals surface area contributed by atoms with Gasteiger partial charge in [0.15, 0.2) is 0 Å². The minimum absolute atomic E-state index is 0.894. The summed E-state index contributed by atoms with van der Waals surface area (Å²) in [6.45, 7) is 0. The van der Waals surface area contributed by atoms with E-state index in [0.717, 1.165) is 55.7 Å². The highest BCUT2D eigenvalue weighted by Crippen LogP contribution is 2.47. The van der Waals surface area contributed by atoms with Crippen LogP contribution in [-0.4, -0.2) is 0 Å². The molecule has 300 valence electrons. The first-order valence-corrected chi connectivity index (χ1v) is 21.9. The molecule has 0 amide bonds. The fourth-order valence-corrected chi connectivity index (χ4v) is 9.65. The zero-order chi connectivity index (χ0) is 42.4. The highest BCUT2D eigenvalue weighted by Gasteiger charge is 2.21. The van der Waals surface area contributed by atoms with Gasteiger partial charge in [0.1, 0.15) is 11.2 Å². The molecule has 0 saturated heterocycles. The van der Waals surface area contributed by atoms with Gasteiger partial charge < -0.3 is 9.32 Å². The molecule has 1 aromatic heterocycles. The van der Waals surface area contributed by atoms with E-state index in [1.165, 1.54) is 60.5 Å². The molecule has 0 saturated carbocycles. The lowest BCUT2D eigenvalue weighted by molar-refractivity contribution is 0.670. The van der Waals surface area contributed by atoms with Crippen molar-refractivity contribution in [3.8, 4) is 55.6 Å². The summed E-state index contributed by atoms with van der Waals surface area (Å²) >= 11 is 0. The molecule has 0 radical (unpaired) electrons. The summed E-state index contributed by atoms with van der Waals surface area (Å²) in [7, 11) is 0. The first-order chi connectivity index (χ1) is 31.7. The zero-order valence-electron chi connectivity index (χ0n) is 35.0. The normalized spacial score (nSPS) is 11.4. The minimum Gasteiger partial charge on any atom is -0.455 e. The van der Waals surface area contributed by atoms with Gasteiger partial charge in [0, 0.05) is 33.4 Å². The minimum atomic E-state index is 0.894. The molecule has 2 heteroatoms. The molecule has 12 aromatic rings. The van der Waals surface area contributed by atoms with Gasteiger partial charge in [-0.05, 0) is 114 Å². The summed E-state index contributed by atoms with van der Waals surface area (Å²) in [5.41, 5.74) is 16.7. The Labute approximate surface area is 372 Å². The first-order valence-electron chi connectivity index (χ1n) is 21.9. The predicted molar refractivity (Wildman–Crippen MR) is 271 cm³/mol. The van der Waals surface area contributed by atoms with E-state index >= 15 is 0 Å². The Morgan fingerprint density at radius 3 is 1.38 bits per heavy atom. The van der Waals surface area contributed by atoms with Gasteiger partial charge in [-0.25, -0.2) is 0 Å². The molecule has 2 nitrogen and oxygen atoms in total. The highest BCUT2D eigenvalue weighted by molar-refractivity contribution is 6.22. The molecule has 0 spiro atoms. The number of hydrogen-bond acceptors (Lipinski definition) is 2. The maximum atomic E-state index is 6.57. The molecule has 0 N–H and O–H groups in total. The van der Waals surface area contributed by atoms with E-state index in [0.29, 0.717) is 0 Å². The van der Waals surface area contributed by atoms with E-state index in [1.54, 1.807) is 0 Å². The van der Waals surface area contributed by atoms with Gasteiger partial charge in [-0.1, -0.05) is 206 Å². The molecule has 1 heterocycles. The van der Waals surface area contributed by atoms with Crippen LogP contribution in [0.15, 0.2) is 253 Å². The number of furan rings is 1. The van der Waals surface area contributed by atoms with Gasteiger partial charge in [0.25, 0.3) is 0 Å². The average molecular weight is 816 g/mol. The topological polar surface area (TPSA) is 16.4 Å². The summed E-state index contributed by atoms with van der Waals surface area (Å²) in [5, 5.41) is 7.14. The molecule has 11 aromatic carbocycles. The van der Waals surface area contributed by atoms with Crippen molar-refractivity contribution in [3.63, 3.8) is 0 Å². The van der Waals surface area contributed by atoms with Gasteiger partial charge in [-0.15, -0.1) is 0 Å². The average Bonchev–Trinajstić information content (AvgIpc) is 3.76. The molecular formula is C62H41NO. The fourth-order valence-electron chi connectivity index (χ4n) is 9.65. The number of anilines is 3. The molecule has 0 bridgehead atoms. The summed E-state index contributed by atoms with van der Waals surface area (Å²) in [6, 6.07) is 89.7. The van der Waals surface area contributed by atoms with E-state index < -0.39 is 0 Å². The molecule has 0 aliphatic carbocycles. The van der Waals surface area contributed by atoms with E-state index in [9.17, 15) is 0 Å². The van der Waals surface area contributed by atoms with Crippen molar-refractivity contribution in [1.82, 2.24) is 0 Å². The Bertz CT molecular complexity index is 3630. The molecule has 0 atom stereocenters. The third-order valence-electron chi connectivity index (χ3n) is 12.7. The summed E-state index contributed by atoms with van der Waals surface area (Å²) in [6.07, 6.45) is 0. The van der Waals surface area contributed by atoms with E-state index in [4.69, 9.17) is 4.42 Å². The second-order valence-corrected chi connectivity index (χ2v) is 16.4. The third kappa shape index (κ3) is 6.52. The van der Waals surface area contributed by atoms with Gasteiger partial charge in [0.2, 0.25) is 0 Å². The van der Waals surface area contributed by atoms with Crippen molar-refractivity contribution < 1.29 is 4.42 Å². The second-order valence-electron chi connectivity index (χ2n) is 16.4. The Kier molecular flexibility index (Phi) is 9.20. The van der Waals surface area contributed by atoms with Crippen LogP contribution in [0.1, 0.15) is 0 Å². The Morgan fingerprint density at radius 2 is 0.703 bits per heavy atom. The zero-order valence-corrected chi connectivity index (χ0v) is 35.0. The highest BCUT2D eigenvalue weighted by atomic mass is 16.3. The van der Waals surface area contributed by atoms with Crippen LogP contribution in [0.5, 0.6) is 0 Å². The second kappa shape index (κ2) is 15.8. The SMILES string of the molecule is c1ccc(-c2ccc(-c3ccc(N(c4cccc(-c5cccc6c5oc5ccccc56)c4)c4ccc5c(c4)c(-c4ccccc4)c(-c4ccccc4)c4ccccc45)cc3)cc2)cc1. The van der Waals surface area contributed by atoms with Crippen molar-refractivity contribution in [2.75, 3.05) is 4.90 Å². The van der Waals surface area contributed by atoms with Crippen molar-refractivity contribution in [3.05, 3.63) is 249 Å². The number of nitrogens with zero attached hydrogens (tertiary/aromatic N) is 1. The van der Waals surface area contributed by atoms with Crippen LogP contribution in [0.4, 0.5) is 17.1 Å². The maximum absolute atomic E-state index is 6.57. The van der Waals surface area contributed by atoms with E-state index in [-0.39, 0.29) is 0 Å².